The molecule has 2 aromatic rings. The standard InChI is InChI=1S/C21H24ClFN4O3/c1-29-19-7-4-16(22)14-18(19)25-21(24-8-9-27-10-12-30-13-11-27)26-20(28)15-2-5-17(23)6-3-15/h2-7,14H,8-13H2,1H3,(H2,24,25,26,28). The minimum atomic E-state index is -0.409. The van der Waals surface area contributed by atoms with E-state index in [2.05, 4.69) is 20.5 Å². The number of carbonyl (C=O) groups excluding carboxylic acids is 1. The molecule has 1 fully saturated rings. The first-order chi connectivity index (χ1) is 14.5. The molecule has 160 valence electrons. The fourth-order valence-corrected chi connectivity index (χ4v) is 3.10. The van der Waals surface area contributed by atoms with Crippen molar-refractivity contribution in [1.29, 1.82) is 0 Å². The summed E-state index contributed by atoms with van der Waals surface area (Å²) in [4.78, 5) is 19.4. The second-order valence-corrected chi connectivity index (χ2v) is 7.05. The highest BCUT2D eigenvalue weighted by Crippen LogP contribution is 2.27. The Morgan fingerprint density at radius 1 is 1.23 bits per heavy atom. The highest BCUT2D eigenvalue weighted by Gasteiger charge is 2.13. The number of methoxy groups -OCH3 is 1. The highest BCUT2D eigenvalue weighted by molar-refractivity contribution is 6.31. The quantitative estimate of drug-likeness (QED) is 0.540. The molecule has 30 heavy (non-hydrogen) atoms. The lowest BCUT2D eigenvalue weighted by molar-refractivity contribution is 0.0394. The number of aliphatic imine (C=N–C) groups is 1. The Labute approximate surface area is 179 Å². The van der Waals surface area contributed by atoms with Crippen LogP contribution in [0.1, 0.15) is 10.4 Å². The van der Waals surface area contributed by atoms with Gasteiger partial charge in [-0.1, -0.05) is 11.6 Å². The first-order valence-electron chi connectivity index (χ1n) is 9.57. The smallest absolute Gasteiger partial charge is 0.257 e. The topological polar surface area (TPSA) is 75.2 Å². The Morgan fingerprint density at radius 2 is 1.97 bits per heavy atom. The van der Waals surface area contributed by atoms with Crippen LogP contribution in [0.15, 0.2) is 47.5 Å². The van der Waals surface area contributed by atoms with Crippen molar-refractivity contribution in [3.63, 3.8) is 0 Å². The van der Waals surface area contributed by atoms with Crippen molar-refractivity contribution < 1.29 is 18.7 Å². The number of halogens is 2. The number of carbonyl (C=O) groups is 1. The summed E-state index contributed by atoms with van der Waals surface area (Å²) in [6.07, 6.45) is 0. The van der Waals surface area contributed by atoms with E-state index < -0.39 is 11.7 Å². The molecule has 7 nitrogen and oxygen atoms in total. The number of guanidine groups is 1. The molecular formula is C21H24ClFN4O3. The molecule has 0 unspecified atom stereocenters. The van der Waals surface area contributed by atoms with Crippen molar-refractivity contribution in [1.82, 2.24) is 10.2 Å². The first-order valence-corrected chi connectivity index (χ1v) is 9.95. The van der Waals surface area contributed by atoms with Gasteiger partial charge < -0.3 is 14.8 Å². The Kier molecular flexibility index (Phi) is 8.01. The van der Waals surface area contributed by atoms with Crippen molar-refractivity contribution in [2.45, 2.75) is 0 Å². The number of hydrogen-bond acceptors (Lipinski definition) is 5. The van der Waals surface area contributed by atoms with Crippen LogP contribution in [0.4, 0.5) is 10.1 Å². The molecule has 1 heterocycles. The van der Waals surface area contributed by atoms with E-state index in [-0.39, 0.29) is 5.96 Å². The summed E-state index contributed by atoms with van der Waals surface area (Å²) in [7, 11) is 1.54. The fraction of sp³-hybridized carbons (Fsp3) is 0.333. The minimum absolute atomic E-state index is 0.248. The molecule has 0 spiro atoms. The van der Waals surface area contributed by atoms with Gasteiger partial charge in [0.25, 0.3) is 5.91 Å². The van der Waals surface area contributed by atoms with Crippen LogP contribution in [-0.4, -0.2) is 63.3 Å². The molecule has 1 amide bonds. The second kappa shape index (κ2) is 10.9. The number of morpholine rings is 1. The third kappa shape index (κ3) is 6.41. The van der Waals surface area contributed by atoms with Crippen LogP contribution in [0.2, 0.25) is 5.02 Å². The lowest BCUT2D eigenvalue weighted by atomic mass is 10.2. The van der Waals surface area contributed by atoms with E-state index in [0.717, 1.165) is 19.6 Å². The summed E-state index contributed by atoms with van der Waals surface area (Å²) in [5.41, 5.74) is 0.881. The third-order valence-corrected chi connectivity index (χ3v) is 4.78. The maximum Gasteiger partial charge on any atom is 0.257 e. The van der Waals surface area contributed by atoms with Crippen molar-refractivity contribution in [2.75, 3.05) is 51.8 Å². The molecule has 0 atom stereocenters. The van der Waals surface area contributed by atoms with Gasteiger partial charge in [0.1, 0.15) is 11.6 Å². The average molecular weight is 435 g/mol. The van der Waals surface area contributed by atoms with E-state index >= 15 is 0 Å². The van der Waals surface area contributed by atoms with E-state index in [1.54, 1.807) is 25.3 Å². The predicted octanol–water partition coefficient (Wildman–Crippen LogP) is 3.02. The number of hydrogen-bond donors (Lipinski definition) is 2. The Balaban J connectivity index is 1.74. The summed E-state index contributed by atoms with van der Waals surface area (Å²) in [6.45, 7) is 4.30. The Morgan fingerprint density at radius 3 is 2.67 bits per heavy atom. The molecule has 1 aliphatic heterocycles. The van der Waals surface area contributed by atoms with Crippen LogP contribution >= 0.6 is 11.6 Å². The van der Waals surface area contributed by atoms with E-state index in [1.165, 1.54) is 24.3 Å². The highest BCUT2D eigenvalue weighted by atomic mass is 35.5. The molecule has 0 aliphatic carbocycles. The van der Waals surface area contributed by atoms with E-state index in [9.17, 15) is 9.18 Å². The zero-order valence-electron chi connectivity index (χ0n) is 16.7. The van der Waals surface area contributed by atoms with Gasteiger partial charge in [-0.2, -0.15) is 0 Å². The molecule has 2 aromatic carbocycles. The number of rotatable bonds is 6. The van der Waals surface area contributed by atoms with Gasteiger partial charge in [-0.25, -0.2) is 4.39 Å². The van der Waals surface area contributed by atoms with Crippen molar-refractivity contribution in [3.05, 3.63) is 58.9 Å². The largest absolute Gasteiger partial charge is 0.495 e. The zero-order chi connectivity index (χ0) is 21.3. The van der Waals surface area contributed by atoms with Gasteiger partial charge in [0.05, 0.1) is 32.6 Å². The van der Waals surface area contributed by atoms with Gasteiger partial charge in [0.2, 0.25) is 5.96 Å². The fourth-order valence-electron chi connectivity index (χ4n) is 2.92. The molecule has 3 rings (SSSR count). The van der Waals surface area contributed by atoms with Gasteiger partial charge in [-0.3, -0.25) is 20.0 Å². The molecule has 1 aliphatic rings. The zero-order valence-corrected chi connectivity index (χ0v) is 17.4. The monoisotopic (exact) mass is 434 g/mol. The summed E-state index contributed by atoms with van der Waals surface area (Å²) < 4.78 is 23.9. The number of nitrogens with one attached hydrogen (secondary N) is 2. The molecular weight excluding hydrogens is 411 g/mol. The van der Waals surface area contributed by atoms with Crippen LogP contribution in [0.5, 0.6) is 5.75 Å². The first kappa shape index (κ1) is 22.0. The van der Waals surface area contributed by atoms with Crippen LogP contribution in [0, 0.1) is 5.82 Å². The van der Waals surface area contributed by atoms with E-state index in [0.29, 0.717) is 41.8 Å². The normalized spacial score (nSPS) is 15.0. The number of anilines is 1. The summed E-state index contributed by atoms with van der Waals surface area (Å²) in [5, 5.41) is 6.34. The molecule has 0 saturated carbocycles. The maximum absolute atomic E-state index is 13.2. The Bertz CT molecular complexity index is 886. The molecule has 0 aromatic heterocycles. The molecule has 1 saturated heterocycles. The number of benzene rings is 2. The van der Waals surface area contributed by atoms with Gasteiger partial charge in [0.15, 0.2) is 0 Å². The van der Waals surface area contributed by atoms with Gasteiger partial charge in [-0.15, -0.1) is 0 Å². The summed E-state index contributed by atoms with van der Waals surface area (Å²) in [6, 6.07) is 10.4. The number of ether oxygens (including phenoxy) is 2. The number of nitrogens with zero attached hydrogens (tertiary/aromatic N) is 2. The van der Waals surface area contributed by atoms with Crippen LogP contribution in [-0.2, 0) is 4.74 Å². The molecule has 9 heteroatoms. The van der Waals surface area contributed by atoms with Gasteiger partial charge >= 0.3 is 0 Å². The van der Waals surface area contributed by atoms with E-state index in [4.69, 9.17) is 21.1 Å². The molecule has 0 radical (unpaired) electrons. The predicted molar refractivity (Wildman–Crippen MR) is 115 cm³/mol. The van der Waals surface area contributed by atoms with Crippen LogP contribution in [0.25, 0.3) is 0 Å². The number of amides is 1. The molecule has 2 N–H and O–H groups in total. The lowest BCUT2D eigenvalue weighted by Gasteiger charge is -2.25. The van der Waals surface area contributed by atoms with Crippen LogP contribution in [0.3, 0.4) is 0 Å². The van der Waals surface area contributed by atoms with Gasteiger partial charge in [0, 0.05) is 30.2 Å². The second-order valence-electron chi connectivity index (χ2n) is 6.61. The summed E-state index contributed by atoms with van der Waals surface area (Å²) >= 11 is 6.10. The molecule has 0 bridgehead atoms. The maximum atomic E-state index is 13.2. The van der Waals surface area contributed by atoms with Crippen molar-refractivity contribution in [3.8, 4) is 5.75 Å². The third-order valence-electron chi connectivity index (χ3n) is 4.54. The van der Waals surface area contributed by atoms with Crippen LogP contribution < -0.4 is 15.4 Å². The lowest BCUT2D eigenvalue weighted by Crippen LogP contribution is -2.39. The minimum Gasteiger partial charge on any atom is -0.495 e. The van der Waals surface area contributed by atoms with Crippen molar-refractivity contribution in [2.24, 2.45) is 4.99 Å². The van der Waals surface area contributed by atoms with Gasteiger partial charge in [-0.05, 0) is 42.5 Å². The van der Waals surface area contributed by atoms with Crippen molar-refractivity contribution >= 4 is 29.2 Å². The average Bonchev–Trinajstić information content (AvgIpc) is 2.75. The summed E-state index contributed by atoms with van der Waals surface area (Å²) in [5.74, 6) is -0.0178. The SMILES string of the molecule is COc1ccc(Cl)cc1NC(=NCCN1CCOCC1)NC(=O)c1ccc(F)cc1. The Hall–Kier alpha value is -2.68. The van der Waals surface area contributed by atoms with E-state index in [1.807, 2.05) is 0 Å².